The van der Waals surface area contributed by atoms with Crippen molar-refractivity contribution >= 4 is 5.91 Å². The second-order valence-electron chi connectivity index (χ2n) is 5.41. The Hall–Kier alpha value is -1.35. The summed E-state index contributed by atoms with van der Waals surface area (Å²) in [5, 5.41) is 10.7. The van der Waals surface area contributed by atoms with Gasteiger partial charge in [0, 0.05) is 19.4 Å². The summed E-state index contributed by atoms with van der Waals surface area (Å²) in [4.78, 5) is 13.7. The van der Waals surface area contributed by atoms with Crippen molar-refractivity contribution in [2.75, 3.05) is 0 Å². The molecule has 104 valence electrons. The standard InChI is InChI=1S/C16H23NO2/c1-2-3-7-11-16(19)12-10-15(18)17(16)13-14-8-5-4-6-9-14/h4-6,8-9,19H,2-3,7,10-13H2,1H3. The molecule has 19 heavy (non-hydrogen) atoms. The topological polar surface area (TPSA) is 40.5 Å². The molecule has 1 fully saturated rings. The molecule has 1 N–H and O–H groups in total. The lowest BCUT2D eigenvalue weighted by molar-refractivity contribution is -0.148. The summed E-state index contributed by atoms with van der Waals surface area (Å²) in [5.41, 5.74) is 0.147. The fourth-order valence-corrected chi connectivity index (χ4v) is 2.73. The molecular weight excluding hydrogens is 238 g/mol. The van der Waals surface area contributed by atoms with Crippen molar-refractivity contribution in [3.05, 3.63) is 35.9 Å². The number of carbonyl (C=O) groups is 1. The third kappa shape index (κ3) is 3.35. The molecule has 0 aliphatic carbocycles. The molecule has 0 aromatic heterocycles. The van der Waals surface area contributed by atoms with Crippen molar-refractivity contribution in [3.63, 3.8) is 0 Å². The van der Waals surface area contributed by atoms with Gasteiger partial charge in [0.1, 0.15) is 5.72 Å². The van der Waals surface area contributed by atoms with E-state index < -0.39 is 5.72 Å². The number of nitrogens with zero attached hydrogens (tertiary/aromatic N) is 1. The number of hydrogen-bond donors (Lipinski definition) is 1. The highest BCUT2D eigenvalue weighted by molar-refractivity contribution is 5.79. The van der Waals surface area contributed by atoms with E-state index in [9.17, 15) is 9.90 Å². The van der Waals surface area contributed by atoms with Crippen LogP contribution in [0.25, 0.3) is 0 Å². The van der Waals surface area contributed by atoms with Crippen LogP contribution in [0.15, 0.2) is 30.3 Å². The van der Waals surface area contributed by atoms with Crippen LogP contribution in [0.4, 0.5) is 0 Å². The lowest BCUT2D eigenvalue weighted by Gasteiger charge is -2.34. The normalized spacial score (nSPS) is 23.1. The van der Waals surface area contributed by atoms with Crippen molar-refractivity contribution in [3.8, 4) is 0 Å². The zero-order chi connectivity index (χ0) is 13.7. The van der Waals surface area contributed by atoms with Gasteiger partial charge in [-0.3, -0.25) is 4.79 Å². The minimum Gasteiger partial charge on any atom is -0.371 e. The molecule has 1 saturated heterocycles. The summed E-state index contributed by atoms with van der Waals surface area (Å²) >= 11 is 0. The number of carbonyl (C=O) groups excluding carboxylic acids is 1. The smallest absolute Gasteiger partial charge is 0.225 e. The highest BCUT2D eigenvalue weighted by Gasteiger charge is 2.42. The number of aliphatic hydroxyl groups is 1. The van der Waals surface area contributed by atoms with Gasteiger partial charge in [-0.1, -0.05) is 50.1 Å². The van der Waals surface area contributed by atoms with Crippen LogP contribution >= 0.6 is 0 Å². The van der Waals surface area contributed by atoms with Crippen LogP contribution in [0.5, 0.6) is 0 Å². The maximum Gasteiger partial charge on any atom is 0.225 e. The van der Waals surface area contributed by atoms with Crippen LogP contribution in [0.3, 0.4) is 0 Å². The molecule has 0 spiro atoms. The van der Waals surface area contributed by atoms with Gasteiger partial charge in [-0.15, -0.1) is 0 Å². The lowest BCUT2D eigenvalue weighted by atomic mass is 10.0. The predicted octanol–water partition coefficient (Wildman–Crippen LogP) is 3.08. The van der Waals surface area contributed by atoms with Gasteiger partial charge < -0.3 is 10.0 Å². The molecule has 1 unspecified atom stereocenters. The van der Waals surface area contributed by atoms with Crippen LogP contribution in [-0.4, -0.2) is 21.6 Å². The first-order valence-electron chi connectivity index (χ1n) is 7.22. The molecule has 3 heteroatoms. The number of rotatable bonds is 6. The van der Waals surface area contributed by atoms with E-state index in [0.717, 1.165) is 24.8 Å². The average molecular weight is 261 g/mol. The van der Waals surface area contributed by atoms with Crippen molar-refractivity contribution in [1.29, 1.82) is 0 Å². The van der Waals surface area contributed by atoms with E-state index >= 15 is 0 Å². The Morgan fingerprint density at radius 2 is 2.00 bits per heavy atom. The maximum atomic E-state index is 12.0. The summed E-state index contributed by atoms with van der Waals surface area (Å²) in [6.45, 7) is 2.66. The Morgan fingerprint density at radius 3 is 2.68 bits per heavy atom. The van der Waals surface area contributed by atoms with Crippen LogP contribution in [0.2, 0.25) is 0 Å². The second kappa shape index (κ2) is 6.20. The molecule has 1 aliphatic heterocycles. The van der Waals surface area contributed by atoms with Gasteiger partial charge in [-0.05, 0) is 18.4 Å². The average Bonchev–Trinajstić information content (AvgIpc) is 2.69. The van der Waals surface area contributed by atoms with Crippen LogP contribution in [-0.2, 0) is 11.3 Å². The first-order chi connectivity index (χ1) is 9.15. The Labute approximate surface area is 115 Å². The Kier molecular flexibility index (Phi) is 4.59. The van der Waals surface area contributed by atoms with E-state index in [-0.39, 0.29) is 5.91 Å². The summed E-state index contributed by atoms with van der Waals surface area (Å²) in [6.07, 6.45) is 4.95. The molecule has 0 radical (unpaired) electrons. The van der Waals surface area contributed by atoms with E-state index in [1.54, 1.807) is 4.90 Å². The fraction of sp³-hybridized carbons (Fsp3) is 0.562. The van der Waals surface area contributed by atoms with Crippen molar-refractivity contribution < 1.29 is 9.90 Å². The molecule has 3 nitrogen and oxygen atoms in total. The molecule has 0 bridgehead atoms. The van der Waals surface area contributed by atoms with E-state index in [4.69, 9.17) is 0 Å². The minimum absolute atomic E-state index is 0.0721. The quantitative estimate of drug-likeness (QED) is 0.799. The maximum absolute atomic E-state index is 12.0. The molecular formula is C16H23NO2. The summed E-state index contributed by atoms with van der Waals surface area (Å²) in [6, 6.07) is 9.89. The molecule has 1 aromatic carbocycles. The number of unbranched alkanes of at least 4 members (excludes halogenated alkanes) is 2. The molecule has 1 heterocycles. The Bertz CT molecular complexity index is 418. The largest absolute Gasteiger partial charge is 0.371 e. The van der Waals surface area contributed by atoms with Gasteiger partial charge in [-0.25, -0.2) is 0 Å². The highest BCUT2D eigenvalue weighted by atomic mass is 16.3. The predicted molar refractivity (Wildman–Crippen MR) is 75.3 cm³/mol. The van der Waals surface area contributed by atoms with E-state index in [1.807, 2.05) is 30.3 Å². The van der Waals surface area contributed by atoms with Crippen molar-refractivity contribution in [2.24, 2.45) is 0 Å². The van der Waals surface area contributed by atoms with Gasteiger partial charge in [0.05, 0.1) is 0 Å². The van der Waals surface area contributed by atoms with Gasteiger partial charge >= 0.3 is 0 Å². The summed E-state index contributed by atoms with van der Waals surface area (Å²) < 4.78 is 0. The van der Waals surface area contributed by atoms with Gasteiger partial charge in [-0.2, -0.15) is 0 Å². The zero-order valence-electron chi connectivity index (χ0n) is 11.6. The molecule has 2 rings (SSSR count). The Balaban J connectivity index is 2.04. The fourth-order valence-electron chi connectivity index (χ4n) is 2.73. The van der Waals surface area contributed by atoms with Gasteiger partial charge in [0.2, 0.25) is 5.91 Å². The van der Waals surface area contributed by atoms with E-state index in [2.05, 4.69) is 6.92 Å². The monoisotopic (exact) mass is 261 g/mol. The highest BCUT2D eigenvalue weighted by Crippen LogP contribution is 2.33. The van der Waals surface area contributed by atoms with E-state index in [0.29, 0.717) is 25.8 Å². The van der Waals surface area contributed by atoms with Gasteiger partial charge in [0.15, 0.2) is 0 Å². The SMILES string of the molecule is CCCCCC1(O)CCC(=O)N1Cc1ccccc1. The van der Waals surface area contributed by atoms with Crippen molar-refractivity contribution in [2.45, 2.75) is 57.7 Å². The number of amides is 1. The van der Waals surface area contributed by atoms with Crippen LogP contribution < -0.4 is 0 Å². The van der Waals surface area contributed by atoms with E-state index in [1.165, 1.54) is 0 Å². The van der Waals surface area contributed by atoms with Gasteiger partial charge in [0.25, 0.3) is 0 Å². The van der Waals surface area contributed by atoms with Crippen LogP contribution in [0, 0.1) is 0 Å². The third-order valence-corrected chi connectivity index (χ3v) is 3.91. The molecule has 0 saturated carbocycles. The third-order valence-electron chi connectivity index (χ3n) is 3.91. The first kappa shape index (κ1) is 14.1. The number of likely N-dealkylation sites (tertiary alicyclic amines) is 1. The molecule has 1 amide bonds. The lowest BCUT2D eigenvalue weighted by Crippen LogP contribution is -2.45. The van der Waals surface area contributed by atoms with Crippen molar-refractivity contribution in [1.82, 2.24) is 4.90 Å². The number of hydrogen-bond acceptors (Lipinski definition) is 2. The molecule has 1 aromatic rings. The van der Waals surface area contributed by atoms with Crippen LogP contribution in [0.1, 0.15) is 51.0 Å². The molecule has 1 aliphatic rings. The first-order valence-corrected chi connectivity index (χ1v) is 7.22. The second-order valence-corrected chi connectivity index (χ2v) is 5.41. The summed E-state index contributed by atoms with van der Waals surface area (Å²) in [7, 11) is 0. The number of benzene rings is 1. The summed E-state index contributed by atoms with van der Waals surface area (Å²) in [5.74, 6) is 0.0721. The molecule has 1 atom stereocenters. The Morgan fingerprint density at radius 1 is 1.26 bits per heavy atom. The zero-order valence-corrected chi connectivity index (χ0v) is 11.6. The minimum atomic E-state index is -0.928.